The van der Waals surface area contributed by atoms with Crippen LogP contribution in [0.5, 0.6) is 23.0 Å². The summed E-state index contributed by atoms with van der Waals surface area (Å²) in [7, 11) is 0. The van der Waals surface area contributed by atoms with Crippen LogP contribution in [0.3, 0.4) is 0 Å². The normalized spacial score (nSPS) is 27.0. The van der Waals surface area contributed by atoms with Gasteiger partial charge in [0.15, 0.2) is 13.2 Å². The Morgan fingerprint density at radius 1 is 0.640 bits per heavy atom. The number of phenolic OH excluding ortho intramolecular Hbond substituents is 4. The van der Waals surface area contributed by atoms with Crippen molar-refractivity contribution in [3.05, 3.63) is 74.7 Å². The molecule has 0 spiro atoms. The van der Waals surface area contributed by atoms with Gasteiger partial charge in [-0.2, -0.15) is 9.68 Å². The number of aryl methyl sites for hydroxylation is 2. The number of phenols is 4. The maximum atomic E-state index is 12.1. The Balaban J connectivity index is 0.897. The van der Waals surface area contributed by atoms with Gasteiger partial charge < -0.3 is 20.4 Å². The van der Waals surface area contributed by atoms with Crippen molar-refractivity contribution in [2.45, 2.75) is 118 Å². The van der Waals surface area contributed by atoms with E-state index >= 15 is 0 Å². The van der Waals surface area contributed by atoms with E-state index < -0.39 is 0 Å². The largest absolute Gasteiger partial charge is 0.508 e. The summed E-state index contributed by atoms with van der Waals surface area (Å²) in [6, 6.07) is 6.52. The summed E-state index contributed by atoms with van der Waals surface area (Å²) in [4.78, 5) is 22.6. The molecular weight excluding hydrogens is 630 g/mol. The molecule has 0 saturated heterocycles. The molecule has 0 aliphatic heterocycles. The number of aromatic hydroxyl groups is 4. The summed E-state index contributed by atoms with van der Waals surface area (Å²) in [5, 5.41) is 42.6. The fourth-order valence-electron chi connectivity index (χ4n) is 10.3. The monoisotopic (exact) mass is 688 g/mol. The molecule has 6 aliphatic carbocycles. The molecule has 0 heterocycles. The number of hydrogen-bond donors (Lipinski definition) is 4. The van der Waals surface area contributed by atoms with Crippen molar-refractivity contribution in [2.75, 3.05) is 13.2 Å². The van der Waals surface area contributed by atoms with Crippen LogP contribution in [0.2, 0.25) is 0 Å². The summed E-state index contributed by atoms with van der Waals surface area (Å²) in [6.07, 6.45) is 13.1. The van der Waals surface area contributed by atoms with Gasteiger partial charge in [0, 0.05) is 35.1 Å². The van der Waals surface area contributed by atoms with E-state index in [2.05, 4.69) is 53.7 Å². The van der Waals surface area contributed by atoms with Gasteiger partial charge in [0.2, 0.25) is 0 Å². The van der Waals surface area contributed by atoms with Crippen LogP contribution >= 0.6 is 0 Å². The first-order valence-electron chi connectivity index (χ1n) is 18.9. The maximum Gasteiger partial charge on any atom is 0.477 e. The maximum absolute atomic E-state index is 12.1. The van der Waals surface area contributed by atoms with Gasteiger partial charge in [-0.1, -0.05) is 51.0 Å². The summed E-state index contributed by atoms with van der Waals surface area (Å²) < 4.78 is 0. The van der Waals surface area contributed by atoms with Crippen molar-refractivity contribution < 1.29 is 35.2 Å². The second-order valence-corrected chi connectivity index (χ2v) is 16.9. The van der Waals surface area contributed by atoms with Crippen LogP contribution in [-0.4, -0.2) is 38.7 Å². The summed E-state index contributed by atoms with van der Waals surface area (Å²) in [5.74, 6) is 3.01. The molecule has 0 unspecified atom stereocenters. The second kappa shape index (κ2) is 14.1. The highest BCUT2D eigenvalue weighted by Gasteiger charge is 2.56. The van der Waals surface area contributed by atoms with Gasteiger partial charge in [-0.15, -0.1) is 0 Å². The van der Waals surface area contributed by atoms with Crippen LogP contribution in [0.4, 0.5) is 0 Å². The topological polar surface area (TPSA) is 119 Å². The molecule has 4 N–H and O–H groups in total. The molecule has 272 valence electrons. The Labute approximate surface area is 297 Å². The number of unbranched alkanes of at least 4 members (excludes halogenated alkanes) is 4. The van der Waals surface area contributed by atoms with Crippen molar-refractivity contribution in [2.24, 2.45) is 34.5 Å². The van der Waals surface area contributed by atoms with E-state index in [-0.39, 0.29) is 64.0 Å². The molecule has 6 atom stereocenters. The van der Waals surface area contributed by atoms with Gasteiger partial charge >= 0.3 is 5.09 Å². The highest BCUT2D eigenvalue weighted by molar-refractivity contribution is 5.52. The molecule has 2 fully saturated rings. The Hall–Kier alpha value is -3.68. The van der Waals surface area contributed by atoms with Crippen molar-refractivity contribution in [3.63, 3.8) is 0 Å². The lowest BCUT2D eigenvalue weighted by molar-refractivity contribution is -0.981. The molecule has 4 bridgehead atoms. The molecule has 2 aromatic carbocycles. The van der Waals surface area contributed by atoms with E-state index in [1.165, 1.54) is 23.3 Å². The lowest BCUT2D eigenvalue weighted by Gasteiger charge is -2.59. The van der Waals surface area contributed by atoms with Crippen LogP contribution in [0.1, 0.15) is 127 Å². The summed E-state index contributed by atoms with van der Waals surface area (Å²) in [5.41, 5.74) is 7.09. The highest BCUT2D eigenvalue weighted by atomic mass is 17.0. The Morgan fingerprint density at radius 2 is 1.04 bits per heavy atom. The molecule has 8 heteroatoms. The van der Waals surface area contributed by atoms with Crippen molar-refractivity contribution >= 4 is 0 Å². The fourth-order valence-corrected chi connectivity index (χ4v) is 10.3. The number of hydrogen-bond acceptors (Lipinski definition) is 7. The van der Waals surface area contributed by atoms with Gasteiger partial charge in [-0.3, -0.25) is 0 Å². The first-order valence-corrected chi connectivity index (χ1v) is 18.9. The minimum atomic E-state index is 0.0849. The molecular formula is C42H58NO7+. The fraction of sp³-hybridized carbons (Fsp3) is 0.619. The van der Waals surface area contributed by atoms with Gasteiger partial charge in [0.1, 0.15) is 27.9 Å². The quantitative estimate of drug-likeness (QED) is 0.0788. The molecule has 2 aromatic rings. The van der Waals surface area contributed by atoms with E-state index in [4.69, 9.17) is 9.68 Å². The van der Waals surface area contributed by atoms with Crippen LogP contribution in [0.25, 0.3) is 0 Å². The van der Waals surface area contributed by atoms with Crippen molar-refractivity contribution in [3.8, 4) is 23.0 Å². The van der Waals surface area contributed by atoms with Crippen molar-refractivity contribution in [1.82, 2.24) is 0 Å². The lowest BCUT2D eigenvalue weighted by atomic mass is 9.45. The standard InChI is InChI=1S/C42H57NO7/c1-25-17-31(35-23-33(25)41(35,3)4)39-27(19-29(44)21-37(39)46)13-9-7-11-15-49-43(48)50-16-12-8-10-14-28-20-30(45)22-38(47)40(28)32-18-26(2)34-24-36(32)42(34,5)6/h17-22,31-36H,7-16,23-24H2,1-6H3,(H3-,44,45,46,47)/p+1/t31-,32-,33+,34+,35+,36+/m1/s1. The third-order valence-corrected chi connectivity index (χ3v) is 13.2. The Kier molecular flexibility index (Phi) is 10.2. The van der Waals surface area contributed by atoms with E-state index in [9.17, 15) is 25.3 Å². The number of benzene rings is 2. The van der Waals surface area contributed by atoms with Gasteiger partial charge in [-0.25, -0.2) is 0 Å². The summed E-state index contributed by atoms with van der Waals surface area (Å²) in [6.45, 7) is 14.2. The van der Waals surface area contributed by atoms with Crippen LogP contribution in [0, 0.1) is 39.4 Å². The molecule has 0 amide bonds. The number of fused-ring (bicyclic) bond motifs is 2. The molecule has 8 nitrogen and oxygen atoms in total. The zero-order valence-electron chi connectivity index (χ0n) is 30.9. The highest BCUT2D eigenvalue weighted by Crippen LogP contribution is 2.65. The predicted octanol–water partition coefficient (Wildman–Crippen LogP) is 9.69. The Bertz CT molecular complexity index is 1540. The van der Waals surface area contributed by atoms with Gasteiger partial charge in [-0.05, 0) is 136 Å². The third kappa shape index (κ3) is 6.83. The average molecular weight is 689 g/mol. The first-order chi connectivity index (χ1) is 23.7. The molecule has 8 rings (SSSR count). The van der Waals surface area contributed by atoms with Gasteiger partial charge in [0.25, 0.3) is 0 Å². The number of rotatable bonds is 16. The predicted molar refractivity (Wildman–Crippen MR) is 194 cm³/mol. The number of nitrogens with zero attached hydrogens (tertiary/aromatic N) is 1. The first kappa shape index (κ1) is 36.1. The van der Waals surface area contributed by atoms with E-state index in [0.29, 0.717) is 36.5 Å². The SMILES string of the molecule is CC1=C[C@@H](c2c(O)cc(O)cc2CCCCCO[N+](=O)OCCCCCc2cc(O)cc(O)c2[C@@H]2C=C(C)[C@@H]3C[C@@H]2C3(C)C)[C@@H]2C[C@@H]1C2(C)C. The molecule has 50 heavy (non-hydrogen) atoms. The van der Waals surface area contributed by atoms with E-state index in [1.54, 1.807) is 12.1 Å². The zero-order valence-corrected chi connectivity index (χ0v) is 30.9. The van der Waals surface area contributed by atoms with Crippen LogP contribution in [0.15, 0.2) is 47.6 Å². The molecule has 0 radical (unpaired) electrons. The third-order valence-electron chi connectivity index (χ3n) is 13.2. The minimum Gasteiger partial charge on any atom is -0.508 e. The molecule has 0 aromatic heterocycles. The number of allylic oxidation sites excluding steroid dienone is 4. The lowest BCUT2D eigenvalue weighted by Crippen LogP contribution is -2.50. The molecule has 6 aliphatic rings. The average Bonchev–Trinajstić information content (AvgIpc) is 3.02. The van der Waals surface area contributed by atoms with Crippen LogP contribution in [-0.2, 0) is 22.5 Å². The van der Waals surface area contributed by atoms with Crippen molar-refractivity contribution in [1.29, 1.82) is 0 Å². The van der Waals surface area contributed by atoms with E-state index in [1.807, 2.05) is 0 Å². The summed E-state index contributed by atoms with van der Waals surface area (Å²) >= 11 is 0. The smallest absolute Gasteiger partial charge is 0.477 e. The zero-order chi connectivity index (χ0) is 36.0. The Morgan fingerprint density at radius 3 is 1.40 bits per heavy atom. The van der Waals surface area contributed by atoms with Crippen LogP contribution < -0.4 is 0 Å². The van der Waals surface area contributed by atoms with Gasteiger partial charge in [0.05, 0.1) is 0 Å². The van der Waals surface area contributed by atoms with E-state index in [0.717, 1.165) is 73.6 Å². The minimum absolute atomic E-state index is 0.0849. The second-order valence-electron chi connectivity index (χ2n) is 16.9. The molecule has 2 saturated carbocycles.